The first-order valence-electron chi connectivity index (χ1n) is 5.87. The maximum atomic E-state index is 13.3. The van der Waals surface area contributed by atoms with Crippen LogP contribution in [0.3, 0.4) is 0 Å². The molecule has 0 heterocycles. The quantitative estimate of drug-likeness (QED) is 0.654. The number of nitrogens with one attached hydrogen (secondary N) is 1. The molecule has 3 N–H and O–H groups in total. The molecule has 0 spiro atoms. The van der Waals surface area contributed by atoms with Gasteiger partial charge < -0.3 is 4.74 Å². The highest BCUT2D eigenvalue weighted by Gasteiger charge is 2.19. The molecule has 2 rings (SSSR count). The zero-order valence-corrected chi connectivity index (χ0v) is 10.4. The van der Waals surface area contributed by atoms with E-state index < -0.39 is 18.5 Å². The Morgan fingerprint density at radius 1 is 1.05 bits per heavy atom. The van der Waals surface area contributed by atoms with Crippen LogP contribution in [0.2, 0.25) is 0 Å². The number of hydrogen-bond acceptors (Lipinski definition) is 3. The number of hydrazine groups is 1. The lowest BCUT2D eigenvalue weighted by Crippen LogP contribution is -2.29. The van der Waals surface area contributed by atoms with Crippen LogP contribution in [-0.4, -0.2) is 6.61 Å². The first-order valence-corrected chi connectivity index (χ1v) is 5.87. The summed E-state index contributed by atoms with van der Waals surface area (Å²) >= 11 is 0. The monoisotopic (exact) mass is 282 g/mol. The maximum Gasteiger partial charge on any atom is 0.387 e. The standard InChI is InChI=1S/C14H13F3N2O/c15-10-5-3-4-9(8-10)13(19-18)11-6-1-2-7-12(11)20-14(16)17/h1-8,13-14,19H,18H2. The van der Waals surface area contributed by atoms with Gasteiger partial charge >= 0.3 is 6.61 Å². The third kappa shape index (κ3) is 3.28. The molecule has 3 nitrogen and oxygen atoms in total. The summed E-state index contributed by atoms with van der Waals surface area (Å²) in [5.41, 5.74) is 3.40. The van der Waals surface area contributed by atoms with Gasteiger partial charge in [-0.2, -0.15) is 8.78 Å². The molecule has 1 atom stereocenters. The van der Waals surface area contributed by atoms with Crippen molar-refractivity contribution in [1.82, 2.24) is 5.43 Å². The highest BCUT2D eigenvalue weighted by atomic mass is 19.3. The van der Waals surface area contributed by atoms with Crippen LogP contribution in [0.4, 0.5) is 13.2 Å². The van der Waals surface area contributed by atoms with Crippen LogP contribution in [0, 0.1) is 5.82 Å². The molecule has 106 valence electrons. The summed E-state index contributed by atoms with van der Waals surface area (Å²) in [6.45, 7) is -2.94. The summed E-state index contributed by atoms with van der Waals surface area (Å²) in [5.74, 6) is 5.03. The molecule has 0 aromatic heterocycles. The Balaban J connectivity index is 2.41. The zero-order chi connectivity index (χ0) is 14.5. The Morgan fingerprint density at radius 2 is 1.80 bits per heavy atom. The van der Waals surface area contributed by atoms with Gasteiger partial charge in [-0.1, -0.05) is 30.3 Å². The smallest absolute Gasteiger partial charge is 0.387 e. The van der Waals surface area contributed by atoms with Gasteiger partial charge in [0, 0.05) is 5.56 Å². The SMILES string of the molecule is NNC(c1cccc(F)c1)c1ccccc1OC(F)F. The molecule has 0 saturated carbocycles. The number of benzene rings is 2. The van der Waals surface area contributed by atoms with Crippen molar-refractivity contribution in [2.75, 3.05) is 0 Å². The van der Waals surface area contributed by atoms with Gasteiger partial charge in [0.15, 0.2) is 0 Å². The minimum atomic E-state index is -2.94. The lowest BCUT2D eigenvalue weighted by atomic mass is 9.98. The molecule has 1 unspecified atom stereocenters. The number of para-hydroxylation sites is 1. The largest absolute Gasteiger partial charge is 0.434 e. The van der Waals surface area contributed by atoms with E-state index in [4.69, 9.17) is 5.84 Å². The molecule has 6 heteroatoms. The molecule has 2 aromatic rings. The van der Waals surface area contributed by atoms with Crippen LogP contribution in [0.15, 0.2) is 48.5 Å². The predicted octanol–water partition coefficient (Wildman–Crippen LogP) is 2.98. The zero-order valence-electron chi connectivity index (χ0n) is 10.4. The molecule has 20 heavy (non-hydrogen) atoms. The van der Waals surface area contributed by atoms with Crippen molar-refractivity contribution in [3.63, 3.8) is 0 Å². The fourth-order valence-electron chi connectivity index (χ4n) is 1.97. The first-order chi connectivity index (χ1) is 9.61. The van der Waals surface area contributed by atoms with E-state index in [0.29, 0.717) is 11.1 Å². The third-order valence-corrected chi connectivity index (χ3v) is 2.79. The topological polar surface area (TPSA) is 47.3 Å². The molecule has 0 bridgehead atoms. The van der Waals surface area contributed by atoms with Crippen molar-refractivity contribution in [3.8, 4) is 5.75 Å². The number of rotatable bonds is 5. The second kappa shape index (κ2) is 6.40. The first kappa shape index (κ1) is 14.4. The Morgan fingerprint density at radius 3 is 2.45 bits per heavy atom. The molecule has 0 saturated heterocycles. The third-order valence-electron chi connectivity index (χ3n) is 2.79. The minimum absolute atomic E-state index is 0.00490. The van der Waals surface area contributed by atoms with E-state index in [1.54, 1.807) is 24.3 Å². The number of halogens is 3. The van der Waals surface area contributed by atoms with E-state index in [0.717, 1.165) is 0 Å². The minimum Gasteiger partial charge on any atom is -0.434 e. The van der Waals surface area contributed by atoms with E-state index in [-0.39, 0.29) is 5.75 Å². The summed E-state index contributed by atoms with van der Waals surface area (Å²) < 4.78 is 42.5. The van der Waals surface area contributed by atoms with Gasteiger partial charge in [0.25, 0.3) is 0 Å². The van der Waals surface area contributed by atoms with Crippen LogP contribution >= 0.6 is 0 Å². The fourth-order valence-corrected chi connectivity index (χ4v) is 1.97. The highest BCUT2D eigenvalue weighted by molar-refractivity contribution is 5.41. The second-order valence-corrected chi connectivity index (χ2v) is 4.07. The molecule has 0 aliphatic heterocycles. The Kier molecular flexibility index (Phi) is 4.60. The average Bonchev–Trinajstić information content (AvgIpc) is 2.41. The van der Waals surface area contributed by atoms with Gasteiger partial charge in [-0.05, 0) is 23.8 Å². The molecule has 0 amide bonds. The highest BCUT2D eigenvalue weighted by Crippen LogP contribution is 2.30. The molecule has 2 aromatic carbocycles. The van der Waals surface area contributed by atoms with Gasteiger partial charge in [-0.25, -0.2) is 9.82 Å². The summed E-state index contributed by atoms with van der Waals surface area (Å²) in [6.07, 6.45) is 0. The van der Waals surface area contributed by atoms with Crippen molar-refractivity contribution >= 4 is 0 Å². The Hall–Kier alpha value is -2.05. The molecule has 0 aliphatic carbocycles. The summed E-state index contributed by atoms with van der Waals surface area (Å²) in [7, 11) is 0. The van der Waals surface area contributed by atoms with Crippen LogP contribution in [0.5, 0.6) is 5.75 Å². The van der Waals surface area contributed by atoms with Crippen LogP contribution in [0.1, 0.15) is 17.2 Å². The lowest BCUT2D eigenvalue weighted by Gasteiger charge is -2.20. The van der Waals surface area contributed by atoms with E-state index >= 15 is 0 Å². The normalized spacial score (nSPS) is 12.4. The van der Waals surface area contributed by atoms with E-state index in [1.165, 1.54) is 24.3 Å². The number of ether oxygens (including phenoxy) is 1. The fraction of sp³-hybridized carbons (Fsp3) is 0.143. The van der Waals surface area contributed by atoms with Gasteiger partial charge in [-0.15, -0.1) is 0 Å². The molecule has 0 radical (unpaired) electrons. The van der Waals surface area contributed by atoms with E-state index in [2.05, 4.69) is 10.2 Å². The number of nitrogens with two attached hydrogens (primary N) is 1. The van der Waals surface area contributed by atoms with Crippen molar-refractivity contribution in [1.29, 1.82) is 0 Å². The van der Waals surface area contributed by atoms with Crippen molar-refractivity contribution in [2.24, 2.45) is 5.84 Å². The van der Waals surface area contributed by atoms with Crippen LogP contribution in [0.25, 0.3) is 0 Å². The number of hydrogen-bond donors (Lipinski definition) is 2. The lowest BCUT2D eigenvalue weighted by molar-refractivity contribution is -0.0506. The molecular formula is C14H13F3N2O. The molecule has 0 fully saturated rings. The molecule has 0 aliphatic rings. The summed E-state index contributed by atoms with van der Waals surface area (Å²) in [4.78, 5) is 0. The van der Waals surface area contributed by atoms with Crippen molar-refractivity contribution in [2.45, 2.75) is 12.7 Å². The summed E-state index contributed by atoms with van der Waals surface area (Å²) in [5, 5.41) is 0. The van der Waals surface area contributed by atoms with Crippen molar-refractivity contribution < 1.29 is 17.9 Å². The number of alkyl halides is 2. The van der Waals surface area contributed by atoms with Gasteiger partial charge in [-0.3, -0.25) is 5.84 Å². The Labute approximate surface area is 114 Å². The predicted molar refractivity (Wildman–Crippen MR) is 68.6 cm³/mol. The van der Waals surface area contributed by atoms with E-state index in [1.807, 2.05) is 0 Å². The van der Waals surface area contributed by atoms with Gasteiger partial charge in [0.05, 0.1) is 6.04 Å². The van der Waals surface area contributed by atoms with Gasteiger partial charge in [0.1, 0.15) is 11.6 Å². The molecular weight excluding hydrogens is 269 g/mol. The second-order valence-electron chi connectivity index (χ2n) is 4.07. The summed E-state index contributed by atoms with van der Waals surface area (Å²) in [6, 6.07) is 11.3. The van der Waals surface area contributed by atoms with Crippen molar-refractivity contribution in [3.05, 3.63) is 65.5 Å². The van der Waals surface area contributed by atoms with Crippen LogP contribution < -0.4 is 16.0 Å². The average molecular weight is 282 g/mol. The van der Waals surface area contributed by atoms with E-state index in [9.17, 15) is 13.2 Å². The van der Waals surface area contributed by atoms with Gasteiger partial charge in [0.2, 0.25) is 0 Å². The maximum absolute atomic E-state index is 13.3. The Bertz CT molecular complexity index is 578. The van der Waals surface area contributed by atoms with Crippen LogP contribution in [-0.2, 0) is 0 Å².